The van der Waals surface area contributed by atoms with E-state index >= 15 is 0 Å². The standard InChI is InChI=1S/C13H13ClN2O.C9H12N2O.CH4/c1-3-15-13(17)11-8(2)9-6-4-5-7-10(9)12(14)16-11;1-3-10-9(12)8-7(2)5-4-6-11-8;/h4-7H,3H2,1-2H3,(H,15,17);4-6H,3H2,1-2H3,(H,10,12);1H4. The molecule has 0 bridgehead atoms. The number of benzene rings is 1. The monoisotopic (exact) mass is 428 g/mol. The first kappa shape index (κ1) is 25.0. The summed E-state index contributed by atoms with van der Waals surface area (Å²) >= 11 is 6.09. The van der Waals surface area contributed by atoms with Gasteiger partial charge in [-0.2, -0.15) is 0 Å². The van der Waals surface area contributed by atoms with Crippen molar-refractivity contribution in [1.29, 1.82) is 0 Å². The van der Waals surface area contributed by atoms with Crippen LogP contribution in [0.1, 0.15) is 53.4 Å². The Bertz CT molecular complexity index is 1020. The van der Waals surface area contributed by atoms with Crippen LogP contribution in [0.3, 0.4) is 0 Å². The number of aryl methyl sites for hydroxylation is 2. The Hall–Kier alpha value is -2.99. The highest BCUT2D eigenvalue weighted by molar-refractivity contribution is 6.34. The molecular formula is C23H29ClN4O2. The van der Waals surface area contributed by atoms with Crippen molar-refractivity contribution >= 4 is 34.2 Å². The summed E-state index contributed by atoms with van der Waals surface area (Å²) in [5.74, 6) is -0.284. The first-order valence-corrected chi connectivity index (χ1v) is 9.81. The average Bonchev–Trinajstić information content (AvgIpc) is 2.72. The zero-order chi connectivity index (χ0) is 21.4. The van der Waals surface area contributed by atoms with Gasteiger partial charge in [0.05, 0.1) is 0 Å². The van der Waals surface area contributed by atoms with E-state index in [0.29, 0.717) is 29.6 Å². The Labute approximate surface area is 183 Å². The Kier molecular flexibility index (Phi) is 9.92. The summed E-state index contributed by atoms with van der Waals surface area (Å²) in [5, 5.41) is 7.64. The molecule has 2 amide bonds. The summed E-state index contributed by atoms with van der Waals surface area (Å²) in [7, 11) is 0. The number of carbonyl (C=O) groups is 2. The number of hydrogen-bond donors (Lipinski definition) is 2. The molecule has 30 heavy (non-hydrogen) atoms. The second-order valence-electron chi connectivity index (χ2n) is 6.31. The van der Waals surface area contributed by atoms with Gasteiger partial charge in [0, 0.05) is 24.7 Å². The number of aromatic nitrogens is 2. The van der Waals surface area contributed by atoms with Crippen LogP contribution >= 0.6 is 11.6 Å². The van der Waals surface area contributed by atoms with E-state index in [1.165, 1.54) is 0 Å². The van der Waals surface area contributed by atoms with E-state index in [9.17, 15) is 9.59 Å². The van der Waals surface area contributed by atoms with Crippen molar-refractivity contribution in [2.24, 2.45) is 0 Å². The van der Waals surface area contributed by atoms with Gasteiger partial charge in [-0.25, -0.2) is 4.98 Å². The van der Waals surface area contributed by atoms with Gasteiger partial charge in [-0.05, 0) is 50.3 Å². The molecule has 0 aliphatic heterocycles. The third-order valence-corrected chi connectivity index (χ3v) is 4.52. The van der Waals surface area contributed by atoms with E-state index < -0.39 is 0 Å². The molecule has 1 aromatic carbocycles. The number of hydrogen-bond acceptors (Lipinski definition) is 4. The van der Waals surface area contributed by atoms with Crippen molar-refractivity contribution in [3.8, 4) is 0 Å². The third kappa shape index (κ3) is 6.00. The van der Waals surface area contributed by atoms with E-state index in [0.717, 1.165) is 21.9 Å². The van der Waals surface area contributed by atoms with Crippen LogP contribution < -0.4 is 10.6 Å². The van der Waals surface area contributed by atoms with Crippen molar-refractivity contribution in [2.45, 2.75) is 35.1 Å². The lowest BCUT2D eigenvalue weighted by molar-refractivity contribution is 0.0942. The van der Waals surface area contributed by atoms with E-state index in [-0.39, 0.29) is 19.2 Å². The molecule has 2 N–H and O–H groups in total. The maximum atomic E-state index is 11.8. The van der Waals surface area contributed by atoms with Crippen molar-refractivity contribution in [1.82, 2.24) is 20.6 Å². The Morgan fingerprint density at radius 1 is 0.900 bits per heavy atom. The second-order valence-corrected chi connectivity index (χ2v) is 6.67. The Morgan fingerprint density at radius 3 is 2.03 bits per heavy atom. The lowest BCUT2D eigenvalue weighted by Gasteiger charge is -2.09. The van der Waals surface area contributed by atoms with Gasteiger partial charge in [0.25, 0.3) is 11.8 Å². The number of pyridine rings is 2. The van der Waals surface area contributed by atoms with Gasteiger partial charge in [0.15, 0.2) is 0 Å². The van der Waals surface area contributed by atoms with E-state index in [2.05, 4.69) is 20.6 Å². The molecule has 0 spiro atoms. The molecule has 3 rings (SSSR count). The fourth-order valence-corrected chi connectivity index (χ4v) is 3.04. The Morgan fingerprint density at radius 2 is 1.47 bits per heavy atom. The van der Waals surface area contributed by atoms with Crippen molar-refractivity contribution < 1.29 is 9.59 Å². The highest BCUT2D eigenvalue weighted by Crippen LogP contribution is 2.26. The molecule has 3 aromatic rings. The fourth-order valence-electron chi connectivity index (χ4n) is 2.79. The predicted octanol–water partition coefficient (Wildman–Crippen LogP) is 4.72. The van der Waals surface area contributed by atoms with Crippen molar-refractivity contribution in [3.63, 3.8) is 0 Å². The highest BCUT2D eigenvalue weighted by atomic mass is 35.5. The van der Waals surface area contributed by atoms with Crippen molar-refractivity contribution in [2.75, 3.05) is 13.1 Å². The molecule has 0 atom stereocenters. The maximum absolute atomic E-state index is 11.8. The number of nitrogens with zero attached hydrogens (tertiary/aromatic N) is 2. The van der Waals surface area contributed by atoms with Crippen LogP contribution in [-0.4, -0.2) is 34.9 Å². The number of amides is 2. The largest absolute Gasteiger partial charge is 0.351 e. The molecule has 6 nitrogen and oxygen atoms in total. The molecule has 0 saturated heterocycles. The average molecular weight is 429 g/mol. The van der Waals surface area contributed by atoms with Crippen LogP contribution in [0.4, 0.5) is 0 Å². The van der Waals surface area contributed by atoms with E-state index in [1.54, 1.807) is 6.20 Å². The molecule has 7 heteroatoms. The molecule has 0 aliphatic rings. The van der Waals surface area contributed by atoms with Gasteiger partial charge in [-0.3, -0.25) is 14.6 Å². The molecule has 0 radical (unpaired) electrons. The summed E-state index contributed by atoms with van der Waals surface area (Å²) < 4.78 is 0. The van der Waals surface area contributed by atoms with Crippen LogP contribution in [0, 0.1) is 13.8 Å². The summed E-state index contributed by atoms with van der Waals surface area (Å²) in [6, 6.07) is 11.4. The summed E-state index contributed by atoms with van der Waals surface area (Å²) in [4.78, 5) is 31.3. The molecular weight excluding hydrogens is 400 g/mol. The molecule has 2 aromatic heterocycles. The van der Waals surface area contributed by atoms with Crippen LogP contribution in [0.25, 0.3) is 10.8 Å². The lowest BCUT2D eigenvalue weighted by Crippen LogP contribution is -2.24. The first-order valence-electron chi connectivity index (χ1n) is 9.43. The lowest BCUT2D eigenvalue weighted by atomic mass is 10.1. The summed E-state index contributed by atoms with van der Waals surface area (Å²) in [5.41, 5.74) is 2.68. The molecule has 0 saturated carbocycles. The predicted molar refractivity (Wildman–Crippen MR) is 123 cm³/mol. The van der Waals surface area contributed by atoms with Crippen molar-refractivity contribution in [3.05, 3.63) is 70.3 Å². The zero-order valence-corrected chi connectivity index (χ0v) is 17.8. The fraction of sp³-hybridized carbons (Fsp3) is 0.304. The van der Waals surface area contributed by atoms with Crippen LogP contribution in [-0.2, 0) is 0 Å². The zero-order valence-electron chi connectivity index (χ0n) is 17.0. The third-order valence-electron chi connectivity index (χ3n) is 4.23. The van der Waals surface area contributed by atoms with Gasteiger partial charge in [0.1, 0.15) is 16.5 Å². The first-order chi connectivity index (χ1) is 13.9. The van der Waals surface area contributed by atoms with Gasteiger partial charge in [-0.1, -0.05) is 49.4 Å². The minimum Gasteiger partial charge on any atom is -0.351 e. The molecule has 0 unspecified atom stereocenters. The number of carbonyl (C=O) groups excluding carboxylic acids is 2. The molecule has 160 valence electrons. The minimum absolute atomic E-state index is 0. The Balaban J connectivity index is 0.000000308. The van der Waals surface area contributed by atoms with Crippen LogP contribution in [0.2, 0.25) is 5.15 Å². The maximum Gasteiger partial charge on any atom is 0.270 e. The SMILES string of the molecule is C.CCNC(=O)c1nc(Cl)c2ccccc2c1C.CCNC(=O)c1ncccc1C. The van der Waals surface area contributed by atoms with Crippen LogP contribution in [0.5, 0.6) is 0 Å². The highest BCUT2D eigenvalue weighted by Gasteiger charge is 2.14. The molecule has 2 heterocycles. The second kappa shape index (κ2) is 11.9. The summed E-state index contributed by atoms with van der Waals surface area (Å²) in [6.07, 6.45) is 1.62. The number of halogens is 1. The quantitative estimate of drug-likeness (QED) is 0.589. The van der Waals surface area contributed by atoms with E-state index in [1.807, 2.05) is 64.1 Å². The molecule has 0 aliphatic carbocycles. The van der Waals surface area contributed by atoms with Gasteiger partial charge < -0.3 is 10.6 Å². The van der Waals surface area contributed by atoms with Gasteiger partial charge in [-0.15, -0.1) is 0 Å². The van der Waals surface area contributed by atoms with Gasteiger partial charge >= 0.3 is 0 Å². The van der Waals surface area contributed by atoms with Gasteiger partial charge in [0.2, 0.25) is 0 Å². The molecule has 0 fully saturated rings. The number of rotatable bonds is 4. The normalized spacial score (nSPS) is 9.77. The number of nitrogens with one attached hydrogen (secondary N) is 2. The topological polar surface area (TPSA) is 84.0 Å². The smallest absolute Gasteiger partial charge is 0.270 e. The van der Waals surface area contributed by atoms with E-state index in [4.69, 9.17) is 11.6 Å². The minimum atomic E-state index is -0.183. The summed E-state index contributed by atoms with van der Waals surface area (Å²) in [6.45, 7) is 8.72. The number of fused-ring (bicyclic) bond motifs is 1. The van der Waals surface area contributed by atoms with Crippen LogP contribution in [0.15, 0.2) is 42.6 Å².